The third-order valence-electron chi connectivity index (χ3n) is 2.98. The summed E-state index contributed by atoms with van der Waals surface area (Å²) in [6.45, 7) is 2.09. The maximum atomic E-state index is 13.1. The molecule has 20 heavy (non-hydrogen) atoms. The fourth-order valence-electron chi connectivity index (χ4n) is 1.83. The minimum absolute atomic E-state index is 0.269. The van der Waals surface area contributed by atoms with Gasteiger partial charge in [0.15, 0.2) is 0 Å². The van der Waals surface area contributed by atoms with Crippen LogP contribution in [0.25, 0.3) is 0 Å². The molecule has 1 nitrogen and oxygen atoms in total. The number of rotatable bonds is 3. The van der Waals surface area contributed by atoms with Crippen molar-refractivity contribution in [2.75, 3.05) is 5.32 Å². The second-order valence-corrected chi connectivity index (χ2v) is 4.50. The van der Waals surface area contributed by atoms with Gasteiger partial charge in [-0.1, -0.05) is 12.1 Å². The number of aryl methyl sites for hydroxylation is 1. The summed E-state index contributed by atoms with van der Waals surface area (Å²) in [5, 5.41) is 2.87. The van der Waals surface area contributed by atoms with E-state index >= 15 is 0 Å². The number of alkyl halides is 3. The Hall–Kier alpha value is -2.04. The van der Waals surface area contributed by atoms with Gasteiger partial charge in [0, 0.05) is 12.2 Å². The highest BCUT2D eigenvalue weighted by atomic mass is 19.4. The van der Waals surface area contributed by atoms with Crippen molar-refractivity contribution in [3.8, 4) is 0 Å². The van der Waals surface area contributed by atoms with Crippen molar-refractivity contribution < 1.29 is 17.6 Å². The highest BCUT2D eigenvalue weighted by molar-refractivity contribution is 5.47. The van der Waals surface area contributed by atoms with Crippen LogP contribution in [0.4, 0.5) is 23.2 Å². The standard InChI is InChI=1S/C15H13F4N/c1-10-5-6-13(16)7-11(10)9-20-14-4-2-3-12(8-14)15(17,18)19/h2-8,20H,9H2,1H3. The highest BCUT2D eigenvalue weighted by Crippen LogP contribution is 2.30. The van der Waals surface area contributed by atoms with Gasteiger partial charge in [0.1, 0.15) is 5.82 Å². The van der Waals surface area contributed by atoms with E-state index < -0.39 is 11.7 Å². The lowest BCUT2D eigenvalue weighted by Gasteiger charge is -2.12. The number of hydrogen-bond acceptors (Lipinski definition) is 1. The molecule has 0 spiro atoms. The normalized spacial score (nSPS) is 11.4. The number of halogens is 4. The first-order chi connectivity index (χ1) is 9.36. The van der Waals surface area contributed by atoms with Crippen LogP contribution in [0, 0.1) is 12.7 Å². The van der Waals surface area contributed by atoms with Crippen LogP contribution in [0.5, 0.6) is 0 Å². The van der Waals surface area contributed by atoms with E-state index in [2.05, 4.69) is 5.32 Å². The fraction of sp³-hybridized carbons (Fsp3) is 0.200. The lowest BCUT2D eigenvalue weighted by Crippen LogP contribution is -2.07. The quantitative estimate of drug-likeness (QED) is 0.800. The van der Waals surface area contributed by atoms with Gasteiger partial charge in [-0.25, -0.2) is 4.39 Å². The van der Waals surface area contributed by atoms with Crippen molar-refractivity contribution >= 4 is 5.69 Å². The smallest absolute Gasteiger partial charge is 0.381 e. The molecule has 106 valence electrons. The molecule has 0 heterocycles. The molecule has 0 bridgehead atoms. The van der Waals surface area contributed by atoms with Gasteiger partial charge < -0.3 is 5.32 Å². The Morgan fingerprint density at radius 1 is 1.05 bits per heavy atom. The van der Waals surface area contributed by atoms with Gasteiger partial charge >= 0.3 is 6.18 Å². The molecule has 2 aromatic carbocycles. The Morgan fingerprint density at radius 3 is 2.50 bits per heavy atom. The molecule has 0 radical (unpaired) electrons. The summed E-state index contributed by atoms with van der Waals surface area (Å²) in [6, 6.07) is 9.29. The second-order valence-electron chi connectivity index (χ2n) is 4.50. The van der Waals surface area contributed by atoms with E-state index in [1.807, 2.05) is 6.92 Å². The zero-order chi connectivity index (χ0) is 14.8. The van der Waals surface area contributed by atoms with E-state index in [0.29, 0.717) is 11.3 Å². The van der Waals surface area contributed by atoms with Crippen LogP contribution < -0.4 is 5.32 Å². The maximum Gasteiger partial charge on any atom is 0.416 e. The van der Waals surface area contributed by atoms with E-state index in [1.54, 1.807) is 12.1 Å². The molecule has 0 aliphatic heterocycles. The molecule has 0 fully saturated rings. The average Bonchev–Trinajstić information content (AvgIpc) is 2.39. The van der Waals surface area contributed by atoms with Crippen molar-refractivity contribution in [1.29, 1.82) is 0 Å². The first kappa shape index (κ1) is 14.4. The zero-order valence-corrected chi connectivity index (χ0v) is 10.8. The van der Waals surface area contributed by atoms with Gasteiger partial charge in [-0.05, 0) is 48.4 Å². The number of hydrogen-bond donors (Lipinski definition) is 1. The SMILES string of the molecule is Cc1ccc(F)cc1CNc1cccc(C(F)(F)F)c1. The monoisotopic (exact) mass is 283 g/mol. The molecule has 5 heteroatoms. The Balaban J connectivity index is 2.13. The Bertz CT molecular complexity index is 605. The Morgan fingerprint density at radius 2 is 1.80 bits per heavy atom. The summed E-state index contributed by atoms with van der Waals surface area (Å²) >= 11 is 0. The minimum atomic E-state index is -4.37. The van der Waals surface area contributed by atoms with Crippen LogP contribution in [0.2, 0.25) is 0 Å². The van der Waals surface area contributed by atoms with E-state index in [1.165, 1.54) is 18.2 Å². The summed E-state index contributed by atoms with van der Waals surface area (Å²) in [7, 11) is 0. The molecule has 0 aromatic heterocycles. The second kappa shape index (κ2) is 5.53. The molecule has 0 unspecified atom stereocenters. The van der Waals surface area contributed by atoms with Gasteiger partial charge in [0.05, 0.1) is 5.56 Å². The highest BCUT2D eigenvalue weighted by Gasteiger charge is 2.30. The third-order valence-corrected chi connectivity index (χ3v) is 2.98. The number of anilines is 1. The van der Waals surface area contributed by atoms with Crippen molar-refractivity contribution in [3.05, 3.63) is 65.0 Å². The van der Waals surface area contributed by atoms with E-state index in [4.69, 9.17) is 0 Å². The number of nitrogens with one attached hydrogen (secondary N) is 1. The van der Waals surface area contributed by atoms with Crippen molar-refractivity contribution in [3.63, 3.8) is 0 Å². The molecule has 0 saturated heterocycles. The third kappa shape index (κ3) is 3.50. The van der Waals surface area contributed by atoms with Gasteiger partial charge in [-0.2, -0.15) is 13.2 Å². The topological polar surface area (TPSA) is 12.0 Å². The molecule has 2 aromatic rings. The van der Waals surface area contributed by atoms with E-state index in [9.17, 15) is 17.6 Å². The van der Waals surface area contributed by atoms with Crippen LogP contribution in [0.1, 0.15) is 16.7 Å². The lowest BCUT2D eigenvalue weighted by atomic mass is 10.1. The Labute approximate surface area is 114 Å². The van der Waals surface area contributed by atoms with Crippen molar-refractivity contribution in [2.45, 2.75) is 19.6 Å². The van der Waals surface area contributed by atoms with Crippen molar-refractivity contribution in [1.82, 2.24) is 0 Å². The van der Waals surface area contributed by atoms with Crippen molar-refractivity contribution in [2.24, 2.45) is 0 Å². The van der Waals surface area contributed by atoms with Crippen LogP contribution in [0.3, 0.4) is 0 Å². The van der Waals surface area contributed by atoms with Crippen LogP contribution in [0.15, 0.2) is 42.5 Å². The molecule has 1 N–H and O–H groups in total. The first-order valence-corrected chi connectivity index (χ1v) is 6.02. The summed E-state index contributed by atoms with van der Waals surface area (Å²) in [5.74, 6) is -0.364. The average molecular weight is 283 g/mol. The van der Waals surface area contributed by atoms with Gasteiger partial charge in [0.2, 0.25) is 0 Å². The molecule has 2 rings (SSSR count). The van der Waals surface area contributed by atoms with Gasteiger partial charge in [0.25, 0.3) is 0 Å². The fourth-order valence-corrected chi connectivity index (χ4v) is 1.83. The van der Waals surface area contributed by atoms with Crippen LogP contribution in [-0.2, 0) is 12.7 Å². The van der Waals surface area contributed by atoms with E-state index in [-0.39, 0.29) is 12.4 Å². The molecule has 0 amide bonds. The molecule has 0 saturated carbocycles. The predicted octanol–water partition coefficient (Wildman–Crippen LogP) is 4.77. The molecule has 0 aliphatic rings. The minimum Gasteiger partial charge on any atom is -0.381 e. The Kier molecular flexibility index (Phi) is 3.97. The van der Waals surface area contributed by atoms with Crippen LogP contribution in [-0.4, -0.2) is 0 Å². The summed E-state index contributed by atoms with van der Waals surface area (Å²) in [5.41, 5.74) is 1.23. The molecule has 0 aliphatic carbocycles. The first-order valence-electron chi connectivity index (χ1n) is 6.02. The number of benzene rings is 2. The van der Waals surface area contributed by atoms with Crippen LogP contribution >= 0.6 is 0 Å². The summed E-state index contributed by atoms with van der Waals surface area (Å²) < 4.78 is 50.8. The summed E-state index contributed by atoms with van der Waals surface area (Å²) in [6.07, 6.45) is -4.37. The molecule has 0 atom stereocenters. The molecular formula is C15H13F4N. The molecular weight excluding hydrogens is 270 g/mol. The zero-order valence-electron chi connectivity index (χ0n) is 10.8. The van der Waals surface area contributed by atoms with Gasteiger partial charge in [-0.15, -0.1) is 0 Å². The predicted molar refractivity (Wildman–Crippen MR) is 69.9 cm³/mol. The lowest BCUT2D eigenvalue weighted by molar-refractivity contribution is -0.137. The largest absolute Gasteiger partial charge is 0.416 e. The summed E-state index contributed by atoms with van der Waals surface area (Å²) in [4.78, 5) is 0. The van der Waals surface area contributed by atoms with E-state index in [0.717, 1.165) is 17.7 Å². The van der Waals surface area contributed by atoms with Gasteiger partial charge in [-0.3, -0.25) is 0 Å². The maximum absolute atomic E-state index is 13.1.